The van der Waals surface area contributed by atoms with Gasteiger partial charge in [-0.2, -0.15) is 5.10 Å². The predicted molar refractivity (Wildman–Crippen MR) is 110 cm³/mol. The number of carbonyl (C=O) groups excluding carboxylic acids is 1. The Hall–Kier alpha value is -4.19. The zero-order valence-electron chi connectivity index (χ0n) is 16.4. The molecule has 0 aliphatic carbocycles. The van der Waals surface area contributed by atoms with Gasteiger partial charge in [0.25, 0.3) is 5.91 Å². The normalized spacial score (nSPS) is 12.5. The van der Waals surface area contributed by atoms with Gasteiger partial charge in [-0.1, -0.05) is 5.92 Å². The molecule has 4 rings (SSSR count). The van der Waals surface area contributed by atoms with Gasteiger partial charge in [-0.05, 0) is 47.9 Å². The Balaban J connectivity index is 1.68. The first kappa shape index (κ1) is 20.1. The number of amides is 2. The van der Waals surface area contributed by atoms with E-state index in [4.69, 9.17) is 10.2 Å². The molecule has 0 radical (unpaired) electrons. The lowest BCUT2D eigenvalue weighted by molar-refractivity contribution is -0.126. The van der Waals surface area contributed by atoms with Crippen LogP contribution in [0.5, 0.6) is 0 Å². The van der Waals surface area contributed by atoms with Crippen molar-refractivity contribution in [2.75, 3.05) is 13.1 Å². The predicted octanol–water partition coefficient (Wildman–Crippen LogP) is 2.36. The minimum atomic E-state index is -1.20. The summed E-state index contributed by atoms with van der Waals surface area (Å²) in [5.74, 6) is 4.28. The van der Waals surface area contributed by atoms with Crippen LogP contribution in [0.25, 0.3) is 22.4 Å². The first-order valence-electron chi connectivity index (χ1n) is 9.53. The van der Waals surface area contributed by atoms with E-state index in [9.17, 15) is 14.0 Å². The van der Waals surface area contributed by atoms with Gasteiger partial charge < -0.3 is 15.3 Å². The van der Waals surface area contributed by atoms with Crippen LogP contribution >= 0.6 is 0 Å². The van der Waals surface area contributed by atoms with E-state index < -0.39 is 6.09 Å². The van der Waals surface area contributed by atoms with Crippen LogP contribution in [0.4, 0.5) is 9.18 Å². The Morgan fingerprint density at radius 3 is 2.55 bits per heavy atom. The van der Waals surface area contributed by atoms with E-state index >= 15 is 0 Å². The highest BCUT2D eigenvalue weighted by Crippen LogP contribution is 2.36. The fourth-order valence-electron chi connectivity index (χ4n) is 3.44. The van der Waals surface area contributed by atoms with E-state index in [2.05, 4.69) is 22.1 Å². The third-order valence-electron chi connectivity index (χ3n) is 4.88. The highest BCUT2D eigenvalue weighted by molar-refractivity contribution is 5.94. The van der Waals surface area contributed by atoms with Gasteiger partial charge in [0.1, 0.15) is 11.5 Å². The number of nitrogens with zero attached hydrogens (tertiary/aromatic N) is 4. The molecule has 1 aromatic carbocycles. The number of benzene rings is 1. The minimum absolute atomic E-state index is 0.121. The zero-order chi connectivity index (χ0) is 21.8. The summed E-state index contributed by atoms with van der Waals surface area (Å²) in [7, 11) is 0. The van der Waals surface area contributed by atoms with Gasteiger partial charge >= 0.3 is 6.09 Å². The van der Waals surface area contributed by atoms with Crippen molar-refractivity contribution in [2.45, 2.75) is 13.1 Å². The molecule has 0 atom stereocenters. The molecule has 3 aromatic rings. The first-order chi connectivity index (χ1) is 15.0. The summed E-state index contributed by atoms with van der Waals surface area (Å²) in [5.41, 5.74) is 4.06. The maximum absolute atomic E-state index is 13.4. The van der Waals surface area contributed by atoms with Crippen LogP contribution in [0, 0.1) is 17.7 Å². The van der Waals surface area contributed by atoms with Crippen molar-refractivity contribution in [3.8, 4) is 34.2 Å². The molecular formula is C22H18FN5O3. The monoisotopic (exact) mass is 419 g/mol. The molecule has 1 aliphatic rings. The number of hydrogen-bond donors (Lipinski definition) is 2. The number of nitrogens with one attached hydrogen (secondary N) is 1. The van der Waals surface area contributed by atoms with Crippen molar-refractivity contribution in [1.82, 2.24) is 25.0 Å². The van der Waals surface area contributed by atoms with Gasteiger partial charge in [0.15, 0.2) is 0 Å². The maximum atomic E-state index is 13.4. The molecule has 156 valence electrons. The number of halogens is 1. The van der Waals surface area contributed by atoms with Crippen LogP contribution in [-0.2, 0) is 17.9 Å². The molecule has 2 N–H and O–H groups in total. The average Bonchev–Trinajstić information content (AvgIpc) is 3.16. The Labute approximate surface area is 177 Å². The molecule has 0 saturated heterocycles. The second-order valence-corrected chi connectivity index (χ2v) is 6.82. The third-order valence-corrected chi connectivity index (χ3v) is 4.88. The molecule has 0 bridgehead atoms. The van der Waals surface area contributed by atoms with E-state index in [0.717, 1.165) is 22.4 Å². The topological polar surface area (TPSA) is 100 Å². The maximum Gasteiger partial charge on any atom is 0.405 e. The lowest BCUT2D eigenvalue weighted by atomic mass is 9.99. The fourth-order valence-corrected chi connectivity index (χ4v) is 3.44. The van der Waals surface area contributed by atoms with Crippen molar-refractivity contribution in [1.29, 1.82) is 0 Å². The Kier molecular flexibility index (Phi) is 5.62. The van der Waals surface area contributed by atoms with E-state index in [0.29, 0.717) is 25.3 Å². The Morgan fingerprint density at radius 2 is 1.84 bits per heavy atom. The smallest absolute Gasteiger partial charge is 0.405 e. The number of carboxylic acid groups (broad SMARTS) is 1. The Bertz CT molecular complexity index is 1180. The number of aromatic nitrogens is 3. The van der Waals surface area contributed by atoms with Gasteiger partial charge in [0.05, 0.1) is 25.3 Å². The molecule has 2 amide bonds. The summed E-state index contributed by atoms with van der Waals surface area (Å²) in [6, 6.07) is 9.86. The summed E-state index contributed by atoms with van der Waals surface area (Å²) in [6.07, 6.45) is 2.17. The summed E-state index contributed by atoms with van der Waals surface area (Å²) in [4.78, 5) is 28.7. The van der Waals surface area contributed by atoms with Crippen molar-refractivity contribution in [3.63, 3.8) is 0 Å². The van der Waals surface area contributed by atoms with Crippen LogP contribution < -0.4 is 5.32 Å². The van der Waals surface area contributed by atoms with Crippen LogP contribution in [0.15, 0.2) is 48.8 Å². The number of pyridine rings is 1. The standard InChI is InChI=1S/C22H18FN5O3/c23-17-5-3-16(4-6-17)21-20(15-7-10-24-11-8-15)18-14-27(12-13-28(18)26-21)19(29)2-1-9-25-22(30)31/h3-8,10-11,25H,9,12-14H2,(H,30,31). The summed E-state index contributed by atoms with van der Waals surface area (Å²) < 4.78 is 15.3. The van der Waals surface area contributed by atoms with Crippen molar-refractivity contribution in [3.05, 3.63) is 60.3 Å². The van der Waals surface area contributed by atoms with Crippen LogP contribution in [0.2, 0.25) is 0 Å². The van der Waals surface area contributed by atoms with E-state index in [1.807, 2.05) is 16.8 Å². The van der Waals surface area contributed by atoms with Crippen LogP contribution in [-0.4, -0.2) is 49.9 Å². The van der Waals surface area contributed by atoms with Crippen molar-refractivity contribution >= 4 is 12.0 Å². The zero-order valence-corrected chi connectivity index (χ0v) is 16.4. The fraction of sp³-hybridized carbons (Fsp3) is 0.182. The average molecular weight is 419 g/mol. The molecule has 0 unspecified atom stereocenters. The molecule has 0 spiro atoms. The Morgan fingerprint density at radius 1 is 1.10 bits per heavy atom. The second kappa shape index (κ2) is 8.67. The molecular weight excluding hydrogens is 401 g/mol. The summed E-state index contributed by atoms with van der Waals surface area (Å²) in [5, 5.41) is 15.4. The first-order valence-corrected chi connectivity index (χ1v) is 9.53. The number of fused-ring (bicyclic) bond motifs is 1. The lowest BCUT2D eigenvalue weighted by Gasteiger charge is -2.26. The van der Waals surface area contributed by atoms with E-state index in [1.54, 1.807) is 29.4 Å². The number of hydrogen-bond acceptors (Lipinski definition) is 4. The summed E-state index contributed by atoms with van der Waals surface area (Å²) >= 11 is 0. The van der Waals surface area contributed by atoms with Gasteiger partial charge in [-0.25, -0.2) is 9.18 Å². The van der Waals surface area contributed by atoms with Crippen molar-refractivity contribution in [2.24, 2.45) is 0 Å². The molecule has 0 saturated carbocycles. The van der Waals surface area contributed by atoms with E-state index in [1.165, 1.54) is 12.1 Å². The molecule has 8 nitrogen and oxygen atoms in total. The van der Waals surface area contributed by atoms with Crippen molar-refractivity contribution < 1.29 is 19.1 Å². The highest BCUT2D eigenvalue weighted by atomic mass is 19.1. The summed E-state index contributed by atoms with van der Waals surface area (Å²) in [6.45, 7) is 1.08. The van der Waals surface area contributed by atoms with Gasteiger partial charge in [-0.3, -0.25) is 14.5 Å². The number of carbonyl (C=O) groups is 2. The van der Waals surface area contributed by atoms with Crippen LogP contribution in [0.1, 0.15) is 5.69 Å². The third kappa shape index (κ3) is 4.38. The SMILES string of the molecule is O=C(O)NCC#CC(=O)N1CCn2nc(-c3ccc(F)cc3)c(-c3ccncc3)c2C1. The lowest BCUT2D eigenvalue weighted by Crippen LogP contribution is -2.38. The van der Waals surface area contributed by atoms with E-state index in [-0.39, 0.29) is 18.3 Å². The largest absolute Gasteiger partial charge is 0.465 e. The molecule has 2 aromatic heterocycles. The van der Waals surface area contributed by atoms with Gasteiger partial charge in [-0.15, -0.1) is 0 Å². The molecule has 1 aliphatic heterocycles. The van der Waals surface area contributed by atoms with Crippen LogP contribution in [0.3, 0.4) is 0 Å². The van der Waals surface area contributed by atoms with Gasteiger partial charge in [0, 0.05) is 30.1 Å². The minimum Gasteiger partial charge on any atom is -0.465 e. The highest BCUT2D eigenvalue weighted by Gasteiger charge is 2.27. The quantitative estimate of drug-likeness (QED) is 0.635. The van der Waals surface area contributed by atoms with Gasteiger partial charge in [0.2, 0.25) is 0 Å². The molecule has 31 heavy (non-hydrogen) atoms. The molecule has 3 heterocycles. The molecule has 9 heteroatoms. The number of rotatable bonds is 3. The molecule has 0 fully saturated rings. The second-order valence-electron chi connectivity index (χ2n) is 6.82.